The van der Waals surface area contributed by atoms with Crippen molar-refractivity contribution in [2.45, 2.75) is 37.5 Å². The molecule has 9 heteroatoms. The van der Waals surface area contributed by atoms with Crippen molar-refractivity contribution >= 4 is 45.2 Å². The Morgan fingerprint density at radius 2 is 1.84 bits per heavy atom. The lowest BCUT2D eigenvalue weighted by molar-refractivity contribution is 0.00692. The maximum Gasteiger partial charge on any atom is 0.146 e. The third kappa shape index (κ3) is 5.43. The van der Waals surface area contributed by atoms with Crippen molar-refractivity contribution < 1.29 is 10.2 Å². The van der Waals surface area contributed by atoms with Gasteiger partial charge in [-0.2, -0.15) is 0 Å². The summed E-state index contributed by atoms with van der Waals surface area (Å²) in [5, 5.41) is 29.5. The molecule has 2 aromatic heterocycles. The van der Waals surface area contributed by atoms with Crippen LogP contribution >= 0.6 is 34.2 Å². The van der Waals surface area contributed by atoms with Crippen LogP contribution in [-0.2, 0) is 6.42 Å². The number of hydrogen-bond donors (Lipinski definition) is 4. The van der Waals surface area contributed by atoms with Gasteiger partial charge in [0, 0.05) is 22.2 Å². The molecule has 4 N–H and O–H groups in total. The predicted molar refractivity (Wildman–Crippen MR) is 135 cm³/mol. The molecule has 0 bridgehead atoms. The molecule has 1 fully saturated rings. The maximum absolute atomic E-state index is 10.7. The molecule has 1 saturated carbocycles. The summed E-state index contributed by atoms with van der Waals surface area (Å²) >= 11 is 8.45. The topological polar surface area (TPSA) is 95.2 Å². The fourth-order valence-electron chi connectivity index (χ4n) is 4.46. The molecule has 4 atom stereocenters. The van der Waals surface area contributed by atoms with Crippen LogP contribution in [-0.4, -0.2) is 63.1 Å². The normalized spacial score (nSPS) is 23.2. The SMILES string of the molecule is O[C@@H]1[C@@H](CNCCCNCCc2ccccc2)C[C@@H](n2cc(I)c3c(Cl)ncnc32)[C@@H]1O. The molecule has 172 valence electrons. The van der Waals surface area contributed by atoms with Crippen molar-refractivity contribution in [2.24, 2.45) is 5.92 Å². The van der Waals surface area contributed by atoms with Crippen LogP contribution in [0.3, 0.4) is 0 Å². The molecule has 7 nitrogen and oxygen atoms in total. The summed E-state index contributed by atoms with van der Waals surface area (Å²) in [5.41, 5.74) is 2.04. The molecule has 1 aliphatic carbocycles. The van der Waals surface area contributed by atoms with E-state index in [1.165, 1.54) is 11.9 Å². The van der Waals surface area contributed by atoms with E-state index in [0.29, 0.717) is 23.8 Å². The van der Waals surface area contributed by atoms with Gasteiger partial charge in [0.2, 0.25) is 0 Å². The zero-order chi connectivity index (χ0) is 22.5. The highest BCUT2D eigenvalue weighted by Crippen LogP contribution is 2.38. The van der Waals surface area contributed by atoms with Crippen LogP contribution in [0.25, 0.3) is 11.0 Å². The second-order valence-electron chi connectivity index (χ2n) is 8.33. The highest BCUT2D eigenvalue weighted by molar-refractivity contribution is 14.1. The van der Waals surface area contributed by atoms with Gasteiger partial charge in [0.15, 0.2) is 0 Å². The molecule has 32 heavy (non-hydrogen) atoms. The maximum atomic E-state index is 10.7. The number of halogens is 2. The van der Waals surface area contributed by atoms with E-state index < -0.39 is 12.2 Å². The van der Waals surface area contributed by atoms with Gasteiger partial charge in [-0.25, -0.2) is 9.97 Å². The number of aromatic nitrogens is 3. The fraction of sp³-hybridized carbons (Fsp3) is 0.478. The molecule has 4 rings (SSSR count). The van der Waals surface area contributed by atoms with Gasteiger partial charge in [0.05, 0.1) is 17.5 Å². The Hall–Kier alpha value is -1.30. The molecule has 0 radical (unpaired) electrons. The van der Waals surface area contributed by atoms with Crippen molar-refractivity contribution in [1.82, 2.24) is 25.2 Å². The third-order valence-electron chi connectivity index (χ3n) is 6.19. The minimum atomic E-state index is -0.846. The fourth-order valence-corrected chi connectivity index (χ4v) is 5.65. The van der Waals surface area contributed by atoms with Gasteiger partial charge < -0.3 is 25.4 Å². The van der Waals surface area contributed by atoms with E-state index in [1.807, 2.05) is 16.8 Å². The number of nitrogens with one attached hydrogen (secondary N) is 2. The molecule has 0 spiro atoms. The molecule has 1 aliphatic rings. The van der Waals surface area contributed by atoms with Crippen molar-refractivity contribution in [2.75, 3.05) is 26.2 Å². The second kappa shape index (κ2) is 11.2. The first-order valence-electron chi connectivity index (χ1n) is 11.0. The summed E-state index contributed by atoms with van der Waals surface area (Å²) < 4.78 is 2.88. The number of rotatable bonds is 10. The van der Waals surface area contributed by atoms with E-state index in [-0.39, 0.29) is 12.0 Å². The van der Waals surface area contributed by atoms with Crippen LogP contribution in [0.4, 0.5) is 0 Å². The zero-order valence-corrected chi connectivity index (χ0v) is 20.7. The average Bonchev–Trinajstić information content (AvgIpc) is 3.28. The Morgan fingerprint density at radius 3 is 2.66 bits per heavy atom. The van der Waals surface area contributed by atoms with Crippen LogP contribution in [0.5, 0.6) is 0 Å². The Bertz CT molecular complexity index is 1020. The van der Waals surface area contributed by atoms with Crippen molar-refractivity contribution in [3.05, 3.63) is 57.1 Å². The Labute approximate surface area is 206 Å². The average molecular weight is 570 g/mol. The van der Waals surface area contributed by atoms with Crippen LogP contribution in [0.2, 0.25) is 5.15 Å². The standard InChI is InChI=1S/C23H29ClIN5O2/c24-22-19-17(25)13-30(23(19)29-14-28-22)18-11-16(20(31)21(18)32)12-27-9-4-8-26-10-7-15-5-2-1-3-6-15/h1-3,5-6,13-14,16,18,20-21,26-27,31-32H,4,7-12H2/t16-,18-,20-,21+/m1/s1. The first-order chi connectivity index (χ1) is 15.6. The number of aliphatic hydroxyl groups excluding tert-OH is 2. The summed E-state index contributed by atoms with van der Waals surface area (Å²) in [4.78, 5) is 8.43. The lowest BCUT2D eigenvalue weighted by atomic mass is 10.1. The largest absolute Gasteiger partial charge is 0.390 e. The van der Waals surface area contributed by atoms with Crippen molar-refractivity contribution in [1.29, 1.82) is 0 Å². The summed E-state index contributed by atoms with van der Waals surface area (Å²) in [5.74, 6) is -0.0199. The van der Waals surface area contributed by atoms with E-state index >= 15 is 0 Å². The summed E-state index contributed by atoms with van der Waals surface area (Å²) in [6.45, 7) is 3.46. The number of benzene rings is 1. The number of aliphatic hydroxyl groups is 2. The zero-order valence-electron chi connectivity index (χ0n) is 17.8. The van der Waals surface area contributed by atoms with Crippen LogP contribution in [0, 0.1) is 9.49 Å². The van der Waals surface area contributed by atoms with Crippen LogP contribution < -0.4 is 10.6 Å². The molecule has 0 unspecified atom stereocenters. The van der Waals surface area contributed by atoms with Crippen LogP contribution in [0.15, 0.2) is 42.9 Å². The van der Waals surface area contributed by atoms with Gasteiger partial charge in [-0.1, -0.05) is 41.9 Å². The van der Waals surface area contributed by atoms with Gasteiger partial charge in [0.1, 0.15) is 23.2 Å². The molecule has 0 aliphatic heterocycles. The van der Waals surface area contributed by atoms with Gasteiger partial charge >= 0.3 is 0 Å². The van der Waals surface area contributed by atoms with Gasteiger partial charge in [-0.3, -0.25) is 0 Å². The second-order valence-corrected chi connectivity index (χ2v) is 9.86. The quantitative estimate of drug-likeness (QED) is 0.170. The van der Waals surface area contributed by atoms with E-state index in [2.05, 4.69) is 67.5 Å². The number of fused-ring (bicyclic) bond motifs is 1. The van der Waals surface area contributed by atoms with Crippen molar-refractivity contribution in [3.8, 4) is 0 Å². The van der Waals surface area contributed by atoms with Gasteiger partial charge in [-0.05, 0) is 67.1 Å². The summed E-state index contributed by atoms with van der Waals surface area (Å²) in [6, 6.07) is 10.2. The van der Waals surface area contributed by atoms with E-state index in [4.69, 9.17) is 11.6 Å². The summed E-state index contributed by atoms with van der Waals surface area (Å²) in [7, 11) is 0. The molecule has 0 amide bonds. The Morgan fingerprint density at radius 1 is 1.06 bits per heavy atom. The monoisotopic (exact) mass is 569 g/mol. The first-order valence-corrected chi connectivity index (χ1v) is 12.5. The minimum Gasteiger partial charge on any atom is -0.390 e. The molecule has 1 aromatic carbocycles. The van der Waals surface area contributed by atoms with Gasteiger partial charge in [0.25, 0.3) is 0 Å². The lowest BCUT2D eigenvalue weighted by Crippen LogP contribution is -2.34. The van der Waals surface area contributed by atoms with Crippen molar-refractivity contribution in [3.63, 3.8) is 0 Å². The summed E-state index contributed by atoms with van der Waals surface area (Å²) in [6.07, 6.45) is 4.47. The van der Waals surface area contributed by atoms with Gasteiger partial charge in [-0.15, -0.1) is 0 Å². The number of hydrogen-bond acceptors (Lipinski definition) is 6. The third-order valence-corrected chi connectivity index (χ3v) is 7.30. The molecule has 2 heterocycles. The molecular formula is C23H29ClIN5O2. The highest BCUT2D eigenvalue weighted by Gasteiger charge is 2.42. The predicted octanol–water partition coefficient (Wildman–Crippen LogP) is 2.78. The molecular weight excluding hydrogens is 541 g/mol. The Kier molecular flexibility index (Phi) is 8.36. The highest BCUT2D eigenvalue weighted by atomic mass is 127. The van der Waals surface area contributed by atoms with E-state index in [1.54, 1.807) is 0 Å². The van der Waals surface area contributed by atoms with E-state index in [9.17, 15) is 10.2 Å². The Balaban J connectivity index is 1.22. The molecule has 3 aromatic rings. The van der Waals surface area contributed by atoms with E-state index in [0.717, 1.165) is 41.4 Å². The van der Waals surface area contributed by atoms with Crippen LogP contribution in [0.1, 0.15) is 24.4 Å². The first kappa shape index (κ1) is 23.8. The molecule has 0 saturated heterocycles. The minimum absolute atomic E-state index is 0.0199. The lowest BCUT2D eigenvalue weighted by Gasteiger charge is -2.19. The number of nitrogens with zero attached hydrogens (tertiary/aromatic N) is 3. The smallest absolute Gasteiger partial charge is 0.146 e.